The standard InChI is InChI=1S/C19H28N4O3.C2H6O.H2O.H2/c1-19(2,3)16(24)12-17(20)22-18(25)15-6-5-11-26-23(15)14-9-7-13(21-4)8-10-14;1-2-3;;/h7-10,12,15,21,24H,5-6,11H2,1-4H3,(H2,20,22,25);3H,2H2,1H3;1H2;1H/b16-12-;;;/t15-;;;/m0.../s1. The van der Waals surface area contributed by atoms with Gasteiger partial charge in [0.2, 0.25) is 0 Å². The van der Waals surface area contributed by atoms with E-state index in [1.807, 2.05) is 52.1 Å². The highest BCUT2D eigenvalue weighted by Crippen LogP contribution is 2.26. The molecule has 1 amide bonds. The highest BCUT2D eigenvalue weighted by atomic mass is 16.7. The number of benzene rings is 1. The molecule has 1 aromatic rings. The number of nitrogens with one attached hydrogen (secondary N) is 1. The van der Waals surface area contributed by atoms with E-state index in [2.05, 4.69) is 10.3 Å². The Morgan fingerprint density at radius 2 is 1.97 bits per heavy atom. The molecule has 0 bridgehead atoms. The molecule has 1 aliphatic rings. The Bertz CT molecular complexity index is 717. The predicted molar refractivity (Wildman–Crippen MR) is 123 cm³/mol. The Labute approximate surface area is 180 Å². The van der Waals surface area contributed by atoms with Crippen LogP contribution in [0, 0.1) is 5.41 Å². The van der Waals surface area contributed by atoms with Crippen molar-refractivity contribution in [2.45, 2.75) is 46.6 Å². The Morgan fingerprint density at radius 1 is 1.40 bits per heavy atom. The van der Waals surface area contributed by atoms with Crippen LogP contribution in [0.2, 0.25) is 0 Å². The van der Waals surface area contributed by atoms with E-state index in [1.165, 1.54) is 6.08 Å². The smallest absolute Gasteiger partial charge is 0.272 e. The molecule has 9 nitrogen and oxygen atoms in total. The lowest BCUT2D eigenvalue weighted by Gasteiger charge is -2.34. The fourth-order valence-corrected chi connectivity index (χ4v) is 2.49. The van der Waals surface area contributed by atoms with Crippen molar-refractivity contribution in [2.24, 2.45) is 16.1 Å². The Morgan fingerprint density at radius 3 is 2.47 bits per heavy atom. The maximum Gasteiger partial charge on any atom is 0.272 e. The van der Waals surface area contributed by atoms with Gasteiger partial charge in [-0.05, 0) is 44.0 Å². The number of allylic oxidation sites excluding steroid dienone is 1. The molecule has 0 radical (unpaired) electrons. The number of nitrogens with two attached hydrogens (primary N) is 1. The van der Waals surface area contributed by atoms with Gasteiger partial charge in [0.1, 0.15) is 17.6 Å². The van der Waals surface area contributed by atoms with Gasteiger partial charge in [-0.15, -0.1) is 0 Å². The van der Waals surface area contributed by atoms with Crippen LogP contribution in [0.15, 0.2) is 41.1 Å². The van der Waals surface area contributed by atoms with Crippen molar-refractivity contribution in [3.63, 3.8) is 0 Å². The minimum absolute atomic E-state index is 0. The van der Waals surface area contributed by atoms with Gasteiger partial charge < -0.3 is 26.7 Å². The molecular formula is C21H38N4O5. The molecule has 9 heteroatoms. The van der Waals surface area contributed by atoms with E-state index in [-0.39, 0.29) is 25.1 Å². The summed E-state index contributed by atoms with van der Waals surface area (Å²) < 4.78 is 0. The van der Waals surface area contributed by atoms with Gasteiger partial charge in [0, 0.05) is 32.3 Å². The fourth-order valence-electron chi connectivity index (χ4n) is 2.49. The highest BCUT2D eigenvalue weighted by molar-refractivity contribution is 6.02. The number of hydrogen-bond donors (Lipinski definition) is 4. The van der Waals surface area contributed by atoms with Crippen LogP contribution in [-0.4, -0.2) is 53.7 Å². The lowest BCUT2D eigenvalue weighted by Crippen LogP contribution is -2.44. The highest BCUT2D eigenvalue weighted by Gasteiger charge is 2.30. The lowest BCUT2D eigenvalue weighted by atomic mass is 9.93. The number of aliphatic hydroxyl groups excluding tert-OH is 2. The van der Waals surface area contributed by atoms with E-state index in [4.69, 9.17) is 15.7 Å². The molecule has 1 saturated heterocycles. The van der Waals surface area contributed by atoms with Crippen molar-refractivity contribution in [2.75, 3.05) is 30.6 Å². The molecule has 1 heterocycles. The van der Waals surface area contributed by atoms with Crippen molar-refractivity contribution in [3.8, 4) is 0 Å². The third kappa shape index (κ3) is 8.40. The molecular weight excluding hydrogens is 388 g/mol. The second-order valence-corrected chi connectivity index (χ2v) is 7.58. The van der Waals surface area contributed by atoms with Gasteiger partial charge in [-0.3, -0.25) is 9.63 Å². The second-order valence-electron chi connectivity index (χ2n) is 7.58. The number of carbonyl (C=O) groups excluding carboxylic acids is 1. The molecule has 1 aliphatic heterocycles. The SMILES string of the molecule is CCO.CNc1ccc(N2OCCC[C@H]2C(=O)N=C(N)/C=C(\O)C(C)(C)C)cc1.O.[HH]. The molecule has 30 heavy (non-hydrogen) atoms. The van der Waals surface area contributed by atoms with Crippen molar-refractivity contribution >= 4 is 23.1 Å². The summed E-state index contributed by atoms with van der Waals surface area (Å²) in [5.74, 6) is -0.331. The van der Waals surface area contributed by atoms with E-state index >= 15 is 0 Å². The van der Waals surface area contributed by atoms with Gasteiger partial charge in [-0.1, -0.05) is 20.8 Å². The van der Waals surface area contributed by atoms with Gasteiger partial charge in [-0.2, -0.15) is 4.99 Å². The summed E-state index contributed by atoms with van der Waals surface area (Å²) in [5, 5.41) is 22.2. The number of carbonyl (C=O) groups is 1. The van der Waals surface area contributed by atoms with Gasteiger partial charge in [0.15, 0.2) is 0 Å². The summed E-state index contributed by atoms with van der Waals surface area (Å²) in [6.45, 7) is 8.01. The van der Waals surface area contributed by atoms with Crippen molar-refractivity contribution < 1.29 is 26.7 Å². The molecule has 2 rings (SSSR count). The molecule has 0 spiro atoms. The number of hydroxylamine groups is 1. The minimum Gasteiger partial charge on any atom is -0.512 e. The monoisotopic (exact) mass is 426 g/mol. The van der Waals surface area contributed by atoms with E-state index in [0.717, 1.165) is 17.8 Å². The number of aliphatic hydroxyl groups is 2. The van der Waals surface area contributed by atoms with Gasteiger partial charge in [0.25, 0.3) is 5.91 Å². The summed E-state index contributed by atoms with van der Waals surface area (Å²) in [4.78, 5) is 22.3. The van der Waals surface area contributed by atoms with Gasteiger partial charge in [-0.25, -0.2) is 5.06 Å². The molecule has 7 N–H and O–H groups in total. The van der Waals surface area contributed by atoms with E-state index in [1.54, 1.807) is 12.0 Å². The molecule has 1 aromatic carbocycles. The van der Waals surface area contributed by atoms with Crippen LogP contribution in [0.4, 0.5) is 11.4 Å². The van der Waals surface area contributed by atoms with Crippen molar-refractivity contribution in [1.29, 1.82) is 0 Å². The van der Waals surface area contributed by atoms with Crippen LogP contribution in [0.5, 0.6) is 0 Å². The Hall–Kier alpha value is -2.62. The van der Waals surface area contributed by atoms with Crippen molar-refractivity contribution in [3.05, 3.63) is 36.1 Å². The van der Waals surface area contributed by atoms with Crippen LogP contribution < -0.4 is 16.1 Å². The number of nitrogens with zero attached hydrogens (tertiary/aromatic N) is 2. The molecule has 0 saturated carbocycles. The molecule has 1 atom stereocenters. The summed E-state index contributed by atoms with van der Waals surface area (Å²) in [6, 6.07) is 7.05. The van der Waals surface area contributed by atoms with Crippen LogP contribution >= 0.6 is 0 Å². The van der Waals surface area contributed by atoms with Crippen LogP contribution in [0.25, 0.3) is 0 Å². The first-order valence-corrected chi connectivity index (χ1v) is 9.74. The Kier molecular flexibility index (Phi) is 11.7. The summed E-state index contributed by atoms with van der Waals surface area (Å²) in [6.07, 6.45) is 2.71. The van der Waals surface area contributed by atoms with Gasteiger partial charge >= 0.3 is 0 Å². The maximum atomic E-state index is 12.6. The molecule has 0 aliphatic carbocycles. The zero-order valence-electron chi connectivity index (χ0n) is 18.5. The fraction of sp³-hybridized carbons (Fsp3) is 0.524. The first kappa shape index (κ1) is 27.4. The van der Waals surface area contributed by atoms with Crippen LogP contribution in [-0.2, 0) is 9.63 Å². The molecule has 0 unspecified atom stereocenters. The van der Waals surface area contributed by atoms with Crippen molar-refractivity contribution in [1.82, 2.24) is 0 Å². The van der Waals surface area contributed by atoms with E-state index in [9.17, 15) is 9.90 Å². The van der Waals surface area contributed by atoms with E-state index in [0.29, 0.717) is 13.0 Å². The normalized spacial score (nSPS) is 17.4. The molecule has 0 aromatic heterocycles. The first-order chi connectivity index (χ1) is 13.6. The predicted octanol–water partition coefficient (Wildman–Crippen LogP) is 2.42. The third-order valence-electron chi connectivity index (χ3n) is 4.12. The van der Waals surface area contributed by atoms with Crippen LogP contribution in [0.3, 0.4) is 0 Å². The number of amidine groups is 1. The average Bonchev–Trinajstić information content (AvgIpc) is 2.67. The molecule has 172 valence electrons. The summed E-state index contributed by atoms with van der Waals surface area (Å²) in [5.41, 5.74) is 7.12. The first-order valence-electron chi connectivity index (χ1n) is 9.74. The summed E-state index contributed by atoms with van der Waals surface area (Å²) in [7, 11) is 1.84. The lowest BCUT2D eigenvalue weighted by molar-refractivity contribution is -0.122. The number of rotatable bonds is 4. The maximum absolute atomic E-state index is 12.6. The summed E-state index contributed by atoms with van der Waals surface area (Å²) >= 11 is 0. The zero-order chi connectivity index (χ0) is 22.0. The zero-order valence-corrected chi connectivity index (χ0v) is 18.5. The third-order valence-corrected chi connectivity index (χ3v) is 4.12. The largest absolute Gasteiger partial charge is 0.512 e. The van der Waals surface area contributed by atoms with Crippen LogP contribution in [0.1, 0.15) is 42.0 Å². The second kappa shape index (κ2) is 12.8. The molecule has 1 fully saturated rings. The topological polar surface area (TPSA) is 152 Å². The number of aliphatic imine (C=N–C) groups is 1. The quantitative estimate of drug-likeness (QED) is 0.328. The Balaban J connectivity index is 0. The number of amides is 1. The minimum atomic E-state index is -0.548. The average molecular weight is 427 g/mol. The number of hydrogen-bond acceptors (Lipinski definition) is 6. The van der Waals surface area contributed by atoms with E-state index < -0.39 is 17.4 Å². The number of anilines is 2. The van der Waals surface area contributed by atoms with Gasteiger partial charge in [0.05, 0.1) is 12.3 Å².